The van der Waals surface area contributed by atoms with E-state index in [1.165, 1.54) is 0 Å². The molecule has 1 amide bonds. The molecule has 182 valence electrons. The van der Waals surface area contributed by atoms with Gasteiger partial charge in [0.25, 0.3) is 0 Å². The Kier molecular flexibility index (Phi) is 8.79. The van der Waals surface area contributed by atoms with Crippen LogP contribution in [0, 0.1) is 11.3 Å². The fraction of sp³-hybridized carbons (Fsp3) is 0.393. The van der Waals surface area contributed by atoms with Crippen LogP contribution in [-0.2, 0) is 16.0 Å². The predicted molar refractivity (Wildman–Crippen MR) is 137 cm³/mol. The standard InChI is InChI=1S/C28H33N5O2/c1-35-25-14-17-33(18-15-25)24-11-12-26(31-20-24)32-28(34)27(23-5-3-2-4-6-23)30-16-13-21-7-9-22(19-29)10-8-21/h2-10,12,20,24-25,27,30H,11,13-18H2,1H3,(H,32,34). The number of ether oxygens (including phenoxy) is 1. The van der Waals surface area contributed by atoms with Gasteiger partial charge in [-0.05, 0) is 55.0 Å². The van der Waals surface area contributed by atoms with Crippen molar-refractivity contribution in [3.05, 3.63) is 83.2 Å². The zero-order valence-corrected chi connectivity index (χ0v) is 20.2. The molecule has 0 bridgehead atoms. The van der Waals surface area contributed by atoms with E-state index >= 15 is 0 Å². The van der Waals surface area contributed by atoms with Crippen LogP contribution in [0.1, 0.15) is 42.0 Å². The van der Waals surface area contributed by atoms with Gasteiger partial charge in [-0.2, -0.15) is 5.26 Å². The first kappa shape index (κ1) is 24.8. The molecular formula is C28H33N5O2. The summed E-state index contributed by atoms with van der Waals surface area (Å²) in [6.45, 7) is 2.63. The summed E-state index contributed by atoms with van der Waals surface area (Å²) in [5.41, 5.74) is 2.67. The Morgan fingerprint density at radius 3 is 2.54 bits per heavy atom. The predicted octanol–water partition coefficient (Wildman–Crippen LogP) is 3.34. The SMILES string of the molecule is COC1CCN(C2C=NC(NC(=O)C(NCCc3ccc(C#N)cc3)c3ccccc3)=CC2)CC1. The number of hydrogen-bond donors (Lipinski definition) is 2. The van der Waals surface area contributed by atoms with Crippen LogP contribution in [0.4, 0.5) is 0 Å². The number of benzene rings is 2. The van der Waals surface area contributed by atoms with Crippen molar-refractivity contribution in [3.63, 3.8) is 0 Å². The number of methoxy groups -OCH3 is 1. The fourth-order valence-electron chi connectivity index (χ4n) is 4.59. The summed E-state index contributed by atoms with van der Waals surface area (Å²) in [6.07, 6.45) is 8.00. The highest BCUT2D eigenvalue weighted by Crippen LogP contribution is 2.20. The maximum atomic E-state index is 13.2. The van der Waals surface area contributed by atoms with Gasteiger partial charge in [0.2, 0.25) is 5.91 Å². The average molecular weight is 472 g/mol. The summed E-state index contributed by atoms with van der Waals surface area (Å²) < 4.78 is 5.47. The molecule has 2 aliphatic heterocycles. The number of piperidine rings is 1. The fourth-order valence-corrected chi connectivity index (χ4v) is 4.59. The molecule has 0 aliphatic carbocycles. The molecule has 0 saturated carbocycles. The molecule has 0 radical (unpaired) electrons. The van der Waals surface area contributed by atoms with E-state index in [2.05, 4.69) is 26.6 Å². The van der Waals surface area contributed by atoms with Crippen molar-refractivity contribution in [1.82, 2.24) is 15.5 Å². The number of nitrogens with one attached hydrogen (secondary N) is 2. The van der Waals surface area contributed by atoms with Gasteiger partial charge in [0.15, 0.2) is 0 Å². The van der Waals surface area contributed by atoms with Crippen LogP contribution < -0.4 is 10.6 Å². The minimum Gasteiger partial charge on any atom is -0.381 e. The van der Waals surface area contributed by atoms with Gasteiger partial charge in [0.05, 0.1) is 17.7 Å². The molecule has 2 aromatic carbocycles. The van der Waals surface area contributed by atoms with E-state index in [1.807, 2.05) is 66.9 Å². The van der Waals surface area contributed by atoms with Gasteiger partial charge >= 0.3 is 0 Å². The van der Waals surface area contributed by atoms with Gasteiger partial charge in [-0.25, -0.2) is 4.99 Å². The largest absolute Gasteiger partial charge is 0.381 e. The van der Waals surface area contributed by atoms with Crippen molar-refractivity contribution in [2.75, 3.05) is 26.7 Å². The number of amides is 1. The van der Waals surface area contributed by atoms with Gasteiger partial charge in [0, 0.05) is 39.0 Å². The molecule has 7 heteroatoms. The number of hydrogen-bond acceptors (Lipinski definition) is 6. The minimum absolute atomic E-state index is 0.126. The number of carbonyl (C=O) groups excluding carboxylic acids is 1. The molecule has 1 fully saturated rings. The molecule has 2 N–H and O–H groups in total. The number of nitrogens with zero attached hydrogens (tertiary/aromatic N) is 3. The minimum atomic E-state index is -0.489. The lowest BCUT2D eigenvalue weighted by Crippen LogP contribution is -2.45. The molecule has 2 atom stereocenters. The van der Waals surface area contributed by atoms with E-state index in [4.69, 9.17) is 10.00 Å². The second kappa shape index (κ2) is 12.4. The van der Waals surface area contributed by atoms with Gasteiger partial charge in [0.1, 0.15) is 11.9 Å². The molecule has 0 spiro atoms. The number of rotatable bonds is 9. The summed E-state index contributed by atoms with van der Waals surface area (Å²) in [7, 11) is 1.78. The Balaban J connectivity index is 1.33. The summed E-state index contributed by atoms with van der Waals surface area (Å²) in [4.78, 5) is 20.2. The van der Waals surface area contributed by atoms with E-state index in [9.17, 15) is 4.79 Å². The number of likely N-dealkylation sites (tertiary alicyclic amines) is 1. The Hall–Kier alpha value is -3.31. The highest BCUT2D eigenvalue weighted by Gasteiger charge is 2.26. The lowest BCUT2D eigenvalue weighted by Gasteiger charge is -2.36. The first-order valence-electron chi connectivity index (χ1n) is 12.3. The quantitative estimate of drug-likeness (QED) is 0.586. The van der Waals surface area contributed by atoms with Crippen molar-refractivity contribution in [2.45, 2.75) is 43.9 Å². The van der Waals surface area contributed by atoms with Crippen LogP contribution in [0.3, 0.4) is 0 Å². The third-order valence-electron chi connectivity index (χ3n) is 6.71. The van der Waals surface area contributed by atoms with Crippen LogP contribution in [-0.4, -0.2) is 55.9 Å². The zero-order chi connectivity index (χ0) is 24.5. The van der Waals surface area contributed by atoms with E-state index in [0.29, 0.717) is 24.0 Å². The second-order valence-corrected chi connectivity index (χ2v) is 8.99. The van der Waals surface area contributed by atoms with Crippen LogP contribution in [0.25, 0.3) is 0 Å². The maximum absolute atomic E-state index is 13.2. The Labute approximate surface area is 207 Å². The average Bonchev–Trinajstić information content (AvgIpc) is 2.92. The smallest absolute Gasteiger partial charge is 0.247 e. The van der Waals surface area contributed by atoms with E-state index in [1.54, 1.807) is 7.11 Å². The van der Waals surface area contributed by atoms with Gasteiger partial charge in [-0.3, -0.25) is 9.69 Å². The topological polar surface area (TPSA) is 89.8 Å². The highest BCUT2D eigenvalue weighted by molar-refractivity contribution is 5.85. The van der Waals surface area contributed by atoms with E-state index in [0.717, 1.165) is 49.9 Å². The summed E-state index contributed by atoms with van der Waals surface area (Å²) in [6, 6.07) is 19.2. The van der Waals surface area contributed by atoms with E-state index < -0.39 is 6.04 Å². The molecular weight excluding hydrogens is 438 g/mol. The molecule has 7 nitrogen and oxygen atoms in total. The summed E-state index contributed by atoms with van der Waals surface area (Å²) in [5, 5.41) is 15.4. The van der Waals surface area contributed by atoms with Crippen molar-refractivity contribution >= 4 is 12.1 Å². The first-order chi connectivity index (χ1) is 17.2. The molecule has 2 heterocycles. The second-order valence-electron chi connectivity index (χ2n) is 8.99. The van der Waals surface area contributed by atoms with Crippen molar-refractivity contribution in [1.29, 1.82) is 5.26 Å². The maximum Gasteiger partial charge on any atom is 0.247 e. The van der Waals surface area contributed by atoms with Gasteiger partial charge in [-0.1, -0.05) is 42.5 Å². The van der Waals surface area contributed by atoms with Crippen LogP contribution in [0.2, 0.25) is 0 Å². The number of nitriles is 1. The zero-order valence-electron chi connectivity index (χ0n) is 20.2. The Morgan fingerprint density at radius 1 is 1.17 bits per heavy atom. The Morgan fingerprint density at radius 2 is 1.91 bits per heavy atom. The third kappa shape index (κ3) is 6.86. The molecule has 35 heavy (non-hydrogen) atoms. The van der Waals surface area contributed by atoms with Crippen molar-refractivity contribution < 1.29 is 9.53 Å². The number of carbonyl (C=O) groups is 1. The summed E-state index contributed by atoms with van der Waals surface area (Å²) in [5.74, 6) is 0.478. The van der Waals surface area contributed by atoms with Gasteiger partial charge in [-0.15, -0.1) is 0 Å². The third-order valence-corrected chi connectivity index (χ3v) is 6.71. The highest BCUT2D eigenvalue weighted by atomic mass is 16.5. The molecule has 2 aromatic rings. The molecule has 0 aromatic heterocycles. The van der Waals surface area contributed by atoms with Crippen molar-refractivity contribution in [2.24, 2.45) is 4.99 Å². The van der Waals surface area contributed by atoms with Crippen LogP contribution in [0.15, 0.2) is 71.5 Å². The lowest BCUT2D eigenvalue weighted by atomic mass is 10.0. The molecule has 2 unspecified atom stereocenters. The van der Waals surface area contributed by atoms with Crippen LogP contribution >= 0.6 is 0 Å². The first-order valence-corrected chi connectivity index (χ1v) is 12.3. The monoisotopic (exact) mass is 471 g/mol. The Bertz CT molecular complexity index is 1070. The molecule has 1 saturated heterocycles. The van der Waals surface area contributed by atoms with Crippen molar-refractivity contribution in [3.8, 4) is 6.07 Å². The normalized spacial score (nSPS) is 19.5. The molecule has 4 rings (SSSR count). The van der Waals surface area contributed by atoms with Gasteiger partial charge < -0.3 is 15.4 Å². The van der Waals surface area contributed by atoms with E-state index in [-0.39, 0.29) is 11.9 Å². The molecule has 2 aliphatic rings. The lowest BCUT2D eigenvalue weighted by molar-refractivity contribution is -0.122. The summed E-state index contributed by atoms with van der Waals surface area (Å²) >= 11 is 0. The van der Waals surface area contributed by atoms with Crippen LogP contribution in [0.5, 0.6) is 0 Å². The number of aliphatic imine (C=N–C) groups is 1.